The minimum atomic E-state index is -0.398. The van der Waals surface area contributed by atoms with Crippen molar-refractivity contribution in [2.24, 2.45) is 17.8 Å². The lowest BCUT2D eigenvalue weighted by Crippen LogP contribution is -2.48. The van der Waals surface area contributed by atoms with Gasteiger partial charge < -0.3 is 24.3 Å². The maximum Gasteiger partial charge on any atom is 0.308 e. The zero-order valence-corrected chi connectivity index (χ0v) is 26.6. The fraction of sp³-hybridized carbons (Fsp3) is 0.385. The van der Waals surface area contributed by atoms with Crippen LogP contribution in [0, 0.1) is 17.8 Å². The van der Waals surface area contributed by atoms with Crippen LogP contribution in [0.3, 0.4) is 0 Å². The van der Waals surface area contributed by atoms with E-state index in [9.17, 15) is 9.59 Å². The second-order valence-electron chi connectivity index (χ2n) is 13.4. The highest BCUT2D eigenvalue weighted by molar-refractivity contribution is 6.13. The fourth-order valence-corrected chi connectivity index (χ4v) is 8.68. The first-order valence-electron chi connectivity index (χ1n) is 16.4. The first-order valence-corrected chi connectivity index (χ1v) is 16.4. The molecule has 4 fully saturated rings. The van der Waals surface area contributed by atoms with E-state index in [1.165, 1.54) is 51.0 Å². The Kier molecular flexibility index (Phi) is 8.54. The molecule has 0 atom stereocenters. The van der Waals surface area contributed by atoms with Gasteiger partial charge in [-0.3, -0.25) is 9.59 Å². The van der Waals surface area contributed by atoms with Crippen molar-refractivity contribution < 1.29 is 28.5 Å². The van der Waals surface area contributed by atoms with E-state index in [4.69, 9.17) is 18.9 Å². The highest BCUT2D eigenvalue weighted by atomic mass is 16.7. The van der Waals surface area contributed by atoms with E-state index >= 15 is 0 Å². The molecule has 0 saturated heterocycles. The summed E-state index contributed by atoms with van der Waals surface area (Å²) in [6, 6.07) is 25.8. The van der Waals surface area contributed by atoms with Gasteiger partial charge in [0.15, 0.2) is 6.79 Å². The Balaban J connectivity index is 1.35. The maximum absolute atomic E-state index is 14.4. The average molecular weight is 620 g/mol. The monoisotopic (exact) mass is 619 g/mol. The van der Waals surface area contributed by atoms with Crippen LogP contribution in [0.15, 0.2) is 78.9 Å². The number of esters is 1. The van der Waals surface area contributed by atoms with Crippen LogP contribution in [-0.2, 0) is 19.7 Å². The molecular weight excluding hydrogens is 578 g/mol. The maximum atomic E-state index is 14.4. The average Bonchev–Trinajstić information content (AvgIpc) is 3.04. The van der Waals surface area contributed by atoms with Crippen molar-refractivity contribution in [1.29, 1.82) is 0 Å². The van der Waals surface area contributed by atoms with Gasteiger partial charge in [-0.2, -0.15) is 0 Å². The van der Waals surface area contributed by atoms with Gasteiger partial charge in [0.25, 0.3) is 5.91 Å². The number of anilines is 1. The summed E-state index contributed by atoms with van der Waals surface area (Å²) in [6.07, 6.45) is 7.63. The Morgan fingerprint density at radius 2 is 1.52 bits per heavy atom. The third kappa shape index (κ3) is 6.14. The van der Waals surface area contributed by atoms with E-state index in [0.29, 0.717) is 36.0 Å². The molecule has 4 aromatic carbocycles. The fourth-order valence-electron chi connectivity index (χ4n) is 8.68. The molecule has 4 aliphatic rings. The van der Waals surface area contributed by atoms with Gasteiger partial charge >= 0.3 is 5.97 Å². The summed E-state index contributed by atoms with van der Waals surface area (Å²) in [5.41, 5.74) is 4.24. The lowest BCUT2D eigenvalue weighted by molar-refractivity contribution is -0.131. The minimum Gasteiger partial charge on any atom is -0.467 e. The molecule has 1 N–H and O–H groups in total. The molecule has 0 heterocycles. The summed E-state index contributed by atoms with van der Waals surface area (Å²) in [7, 11) is 1.64. The van der Waals surface area contributed by atoms with Gasteiger partial charge in [-0.1, -0.05) is 42.5 Å². The van der Waals surface area contributed by atoms with Crippen molar-refractivity contribution in [2.45, 2.75) is 50.9 Å². The zero-order valence-electron chi connectivity index (χ0n) is 26.6. The van der Waals surface area contributed by atoms with E-state index in [-0.39, 0.29) is 18.1 Å². The van der Waals surface area contributed by atoms with Crippen molar-refractivity contribution in [1.82, 2.24) is 0 Å². The lowest BCUT2D eigenvalue weighted by atomic mass is 9.48. The third-order valence-electron chi connectivity index (χ3n) is 10.2. The molecule has 0 spiro atoms. The highest BCUT2D eigenvalue weighted by Crippen LogP contribution is 2.61. The number of fused-ring (bicyclic) bond motifs is 1. The van der Waals surface area contributed by atoms with E-state index < -0.39 is 5.97 Å². The molecular formula is C39H41NO6. The van der Waals surface area contributed by atoms with Gasteiger partial charge in [0, 0.05) is 19.7 Å². The second-order valence-corrected chi connectivity index (χ2v) is 13.4. The SMILES string of the molecule is COCCOCOc1cc(C23CC4CC(CC(C4)C2)C3)cc(-c2cccc3ccccc23)c1C(=O)Nc1ccc(OC(C)=O)cc1. The molecule has 4 aromatic rings. The van der Waals surface area contributed by atoms with Gasteiger partial charge in [-0.05, 0) is 126 Å². The van der Waals surface area contributed by atoms with Crippen LogP contribution in [0.5, 0.6) is 11.5 Å². The van der Waals surface area contributed by atoms with E-state index in [0.717, 1.165) is 39.7 Å². The number of carbonyl (C=O) groups is 2. The standard InChI is InChI=1S/C39H41NO6/c1-25(41)46-32-12-10-31(11-13-32)40-38(42)37-35(34-9-5-7-29-6-3-4-8-33(29)34)19-30(20-36(37)45-24-44-15-14-43-2)39-21-26-16-27(22-39)18-28(17-26)23-39/h3-13,19-20,26-28H,14-18,21-24H2,1-2H3,(H,40,42). The van der Waals surface area contributed by atoms with Gasteiger partial charge in [0.1, 0.15) is 11.5 Å². The molecule has 0 unspecified atom stereocenters. The molecule has 8 rings (SSSR count). The second kappa shape index (κ2) is 12.9. The predicted octanol–water partition coefficient (Wildman–Crippen LogP) is 8.15. The number of methoxy groups -OCH3 is 1. The van der Waals surface area contributed by atoms with Crippen LogP contribution in [0.1, 0.15) is 61.4 Å². The largest absolute Gasteiger partial charge is 0.467 e. The third-order valence-corrected chi connectivity index (χ3v) is 10.2. The van der Waals surface area contributed by atoms with Gasteiger partial charge in [0.2, 0.25) is 0 Å². The quantitative estimate of drug-likeness (QED) is 0.0790. The number of ether oxygens (including phenoxy) is 4. The summed E-state index contributed by atoms with van der Waals surface area (Å²) in [5, 5.41) is 5.27. The zero-order chi connectivity index (χ0) is 31.7. The Morgan fingerprint density at radius 3 is 2.22 bits per heavy atom. The molecule has 4 aliphatic carbocycles. The molecule has 7 nitrogen and oxygen atoms in total. The molecule has 1 amide bonds. The van der Waals surface area contributed by atoms with Crippen LogP contribution < -0.4 is 14.8 Å². The lowest BCUT2D eigenvalue weighted by Gasteiger charge is -2.57. The van der Waals surface area contributed by atoms with Crippen molar-refractivity contribution >= 4 is 28.3 Å². The first-order chi connectivity index (χ1) is 22.4. The van der Waals surface area contributed by atoms with Gasteiger partial charge in [0.05, 0.1) is 18.8 Å². The molecule has 46 heavy (non-hydrogen) atoms. The minimum absolute atomic E-state index is 0.0000277. The van der Waals surface area contributed by atoms with Crippen LogP contribution in [-0.4, -0.2) is 39.0 Å². The summed E-state index contributed by atoms with van der Waals surface area (Å²) in [4.78, 5) is 25.8. The van der Waals surface area contributed by atoms with Crippen LogP contribution in [0.25, 0.3) is 21.9 Å². The van der Waals surface area contributed by atoms with Crippen molar-refractivity contribution in [3.63, 3.8) is 0 Å². The van der Waals surface area contributed by atoms with Crippen molar-refractivity contribution in [3.05, 3.63) is 90.0 Å². The highest BCUT2D eigenvalue weighted by Gasteiger charge is 2.52. The van der Waals surface area contributed by atoms with Crippen LogP contribution in [0.4, 0.5) is 5.69 Å². The van der Waals surface area contributed by atoms with Gasteiger partial charge in [-0.25, -0.2) is 0 Å². The van der Waals surface area contributed by atoms with E-state index in [2.05, 4.69) is 47.8 Å². The Morgan fingerprint density at radius 1 is 0.826 bits per heavy atom. The van der Waals surface area contributed by atoms with Crippen LogP contribution in [0.2, 0.25) is 0 Å². The Bertz CT molecular complexity index is 1710. The molecule has 4 saturated carbocycles. The molecule has 0 aromatic heterocycles. The molecule has 7 heteroatoms. The Hall–Kier alpha value is -4.20. The summed E-state index contributed by atoms with van der Waals surface area (Å²) in [5.74, 6) is 2.56. The van der Waals surface area contributed by atoms with Crippen molar-refractivity contribution in [2.75, 3.05) is 32.4 Å². The molecule has 4 bridgehead atoms. The van der Waals surface area contributed by atoms with Crippen LogP contribution >= 0.6 is 0 Å². The molecule has 0 radical (unpaired) electrons. The summed E-state index contributed by atoms with van der Waals surface area (Å²) >= 11 is 0. The number of hydrogen-bond acceptors (Lipinski definition) is 6. The molecule has 0 aliphatic heterocycles. The predicted molar refractivity (Wildman–Crippen MR) is 178 cm³/mol. The van der Waals surface area contributed by atoms with Gasteiger partial charge in [-0.15, -0.1) is 0 Å². The van der Waals surface area contributed by atoms with E-state index in [1.54, 1.807) is 31.4 Å². The molecule has 238 valence electrons. The van der Waals surface area contributed by atoms with Crippen molar-refractivity contribution in [3.8, 4) is 22.6 Å². The number of benzene rings is 4. The smallest absolute Gasteiger partial charge is 0.308 e. The summed E-state index contributed by atoms with van der Waals surface area (Å²) < 4.78 is 22.5. The number of hydrogen-bond donors (Lipinski definition) is 1. The number of amides is 1. The van der Waals surface area contributed by atoms with E-state index in [1.807, 2.05) is 12.1 Å². The topological polar surface area (TPSA) is 83.1 Å². The number of carbonyl (C=O) groups excluding carboxylic acids is 2. The number of rotatable bonds is 11. The first kappa shape index (κ1) is 30.5. The normalized spacial score (nSPS) is 23.0. The number of nitrogens with one attached hydrogen (secondary N) is 1. The summed E-state index contributed by atoms with van der Waals surface area (Å²) in [6.45, 7) is 2.20. The Labute approximate surface area is 270 Å².